The standard InChI is InChI=1S/C33H34N2OS/c1-33(27-18-9-4-10-19-27)21-26-17-11-12-20-28(26)30-29(33)31(36)35(22-24-13-5-2-6-14-24)32(34-30)37-23-25-15-7-3-8-16-25/h2-3,5-8,11-17,20,27H,4,9-10,18-19,21-23H2,1H3. The number of nitrogens with zero attached hydrogens (tertiary/aromatic N) is 2. The fraction of sp³-hybridized carbons (Fsp3) is 0.333. The smallest absolute Gasteiger partial charge is 0.258 e. The van der Waals surface area contributed by atoms with Gasteiger partial charge >= 0.3 is 0 Å². The molecule has 0 aliphatic heterocycles. The van der Waals surface area contributed by atoms with Crippen LogP contribution in [0.2, 0.25) is 0 Å². The van der Waals surface area contributed by atoms with Gasteiger partial charge in [0, 0.05) is 16.7 Å². The summed E-state index contributed by atoms with van der Waals surface area (Å²) in [6, 6.07) is 29.4. The molecule has 3 nitrogen and oxygen atoms in total. The zero-order valence-electron chi connectivity index (χ0n) is 21.5. The highest BCUT2D eigenvalue weighted by Crippen LogP contribution is 2.49. The lowest BCUT2D eigenvalue weighted by molar-refractivity contribution is 0.212. The second-order valence-electron chi connectivity index (χ2n) is 10.9. The summed E-state index contributed by atoms with van der Waals surface area (Å²) in [5.41, 5.74) is 6.63. The Labute approximate surface area is 224 Å². The third kappa shape index (κ3) is 4.68. The lowest BCUT2D eigenvalue weighted by atomic mass is 9.60. The molecule has 2 aliphatic rings. The molecule has 4 aromatic rings. The molecule has 1 saturated carbocycles. The van der Waals surface area contributed by atoms with Crippen molar-refractivity contribution in [1.82, 2.24) is 9.55 Å². The van der Waals surface area contributed by atoms with E-state index in [1.54, 1.807) is 11.8 Å². The third-order valence-electron chi connectivity index (χ3n) is 8.44. The van der Waals surface area contributed by atoms with Gasteiger partial charge in [-0.05, 0) is 41.9 Å². The lowest BCUT2D eigenvalue weighted by Gasteiger charge is -2.44. The van der Waals surface area contributed by atoms with Gasteiger partial charge in [0.2, 0.25) is 0 Å². The summed E-state index contributed by atoms with van der Waals surface area (Å²) in [6.07, 6.45) is 7.13. The highest BCUT2D eigenvalue weighted by Gasteiger charge is 2.44. The predicted molar refractivity (Wildman–Crippen MR) is 153 cm³/mol. The van der Waals surface area contributed by atoms with Crippen LogP contribution in [-0.2, 0) is 24.1 Å². The minimum absolute atomic E-state index is 0.145. The minimum atomic E-state index is -0.199. The van der Waals surface area contributed by atoms with Crippen LogP contribution in [0.3, 0.4) is 0 Å². The quantitative estimate of drug-likeness (QED) is 0.199. The molecule has 3 aromatic carbocycles. The van der Waals surface area contributed by atoms with Crippen LogP contribution in [0.1, 0.15) is 61.3 Å². The summed E-state index contributed by atoms with van der Waals surface area (Å²) in [4.78, 5) is 20.0. The van der Waals surface area contributed by atoms with Crippen molar-refractivity contribution in [2.24, 2.45) is 5.92 Å². The second-order valence-corrected chi connectivity index (χ2v) is 11.8. The van der Waals surface area contributed by atoms with Crippen molar-refractivity contribution in [2.75, 3.05) is 0 Å². The maximum atomic E-state index is 14.6. The van der Waals surface area contributed by atoms with Crippen molar-refractivity contribution in [3.63, 3.8) is 0 Å². The summed E-state index contributed by atoms with van der Waals surface area (Å²) in [5.74, 6) is 1.29. The van der Waals surface area contributed by atoms with Crippen molar-refractivity contribution in [3.05, 3.63) is 118 Å². The van der Waals surface area contributed by atoms with E-state index >= 15 is 0 Å². The van der Waals surface area contributed by atoms with Gasteiger partial charge in [-0.3, -0.25) is 9.36 Å². The van der Waals surface area contributed by atoms with Crippen LogP contribution < -0.4 is 5.56 Å². The van der Waals surface area contributed by atoms with E-state index in [-0.39, 0.29) is 11.0 Å². The van der Waals surface area contributed by atoms with E-state index in [0.29, 0.717) is 12.5 Å². The van der Waals surface area contributed by atoms with Gasteiger partial charge in [0.15, 0.2) is 5.16 Å². The first-order valence-electron chi connectivity index (χ1n) is 13.6. The molecular weight excluding hydrogens is 472 g/mol. The highest BCUT2D eigenvalue weighted by atomic mass is 32.2. The molecule has 4 heteroatoms. The van der Waals surface area contributed by atoms with Crippen LogP contribution in [0.5, 0.6) is 0 Å². The van der Waals surface area contributed by atoms with E-state index in [4.69, 9.17) is 4.98 Å². The van der Waals surface area contributed by atoms with Gasteiger partial charge < -0.3 is 0 Å². The number of hydrogen-bond donors (Lipinski definition) is 0. The van der Waals surface area contributed by atoms with Crippen LogP contribution in [-0.4, -0.2) is 9.55 Å². The van der Waals surface area contributed by atoms with Crippen molar-refractivity contribution >= 4 is 11.8 Å². The third-order valence-corrected chi connectivity index (χ3v) is 9.48. The van der Waals surface area contributed by atoms with Gasteiger partial charge in [0.25, 0.3) is 5.56 Å². The van der Waals surface area contributed by atoms with Crippen LogP contribution in [0, 0.1) is 5.92 Å². The van der Waals surface area contributed by atoms with Gasteiger partial charge in [-0.2, -0.15) is 0 Å². The Kier molecular flexibility index (Phi) is 6.77. The summed E-state index contributed by atoms with van der Waals surface area (Å²) in [5, 5.41) is 0.805. The average molecular weight is 507 g/mol. The van der Waals surface area contributed by atoms with Crippen LogP contribution in [0.25, 0.3) is 11.3 Å². The predicted octanol–water partition coefficient (Wildman–Crippen LogP) is 7.65. The lowest BCUT2D eigenvalue weighted by Crippen LogP contribution is -2.45. The fourth-order valence-corrected chi connectivity index (χ4v) is 7.41. The van der Waals surface area contributed by atoms with E-state index in [9.17, 15) is 4.79 Å². The molecule has 0 N–H and O–H groups in total. The van der Waals surface area contributed by atoms with Crippen LogP contribution >= 0.6 is 11.8 Å². The van der Waals surface area contributed by atoms with Gasteiger partial charge in [0.1, 0.15) is 0 Å². The average Bonchev–Trinajstić information content (AvgIpc) is 2.95. The second kappa shape index (κ2) is 10.3. The summed E-state index contributed by atoms with van der Waals surface area (Å²) >= 11 is 1.67. The molecule has 0 bridgehead atoms. The zero-order valence-corrected chi connectivity index (χ0v) is 22.3. The molecule has 1 aromatic heterocycles. The number of thioether (sulfide) groups is 1. The molecule has 1 unspecified atom stereocenters. The normalized spacial score (nSPS) is 19.3. The van der Waals surface area contributed by atoms with E-state index < -0.39 is 0 Å². The molecule has 188 valence electrons. The van der Waals surface area contributed by atoms with E-state index in [2.05, 4.69) is 67.6 Å². The molecule has 1 heterocycles. The Morgan fingerprint density at radius 2 is 1.51 bits per heavy atom. The van der Waals surface area contributed by atoms with Gasteiger partial charge in [0.05, 0.1) is 17.8 Å². The number of benzene rings is 3. The molecular formula is C33H34N2OS. The maximum Gasteiger partial charge on any atom is 0.258 e. The largest absolute Gasteiger partial charge is 0.283 e. The Morgan fingerprint density at radius 1 is 0.865 bits per heavy atom. The first kappa shape index (κ1) is 24.2. The molecule has 0 radical (unpaired) electrons. The Balaban J connectivity index is 1.53. The summed E-state index contributed by atoms with van der Waals surface area (Å²) < 4.78 is 1.96. The number of aromatic nitrogens is 2. The van der Waals surface area contributed by atoms with E-state index in [0.717, 1.165) is 39.7 Å². The molecule has 0 amide bonds. The molecule has 0 spiro atoms. The molecule has 2 aliphatic carbocycles. The van der Waals surface area contributed by atoms with Crippen molar-refractivity contribution in [3.8, 4) is 11.3 Å². The SMILES string of the molecule is CC1(C2CCCCC2)Cc2ccccc2-c2nc(SCc3ccccc3)n(Cc3ccccc3)c(=O)c21. The first-order valence-corrected chi connectivity index (χ1v) is 14.6. The molecule has 0 saturated heterocycles. The molecule has 1 atom stereocenters. The van der Waals surface area contributed by atoms with Crippen molar-refractivity contribution in [2.45, 2.75) is 68.3 Å². The first-order chi connectivity index (χ1) is 18.1. The summed E-state index contributed by atoms with van der Waals surface area (Å²) in [7, 11) is 0. The molecule has 1 fully saturated rings. The number of hydrogen-bond acceptors (Lipinski definition) is 3. The molecule has 6 rings (SSSR count). The summed E-state index contributed by atoms with van der Waals surface area (Å²) in [6.45, 7) is 2.89. The van der Waals surface area contributed by atoms with Crippen molar-refractivity contribution < 1.29 is 0 Å². The Morgan fingerprint density at radius 3 is 2.24 bits per heavy atom. The van der Waals surface area contributed by atoms with Gasteiger partial charge in [-0.15, -0.1) is 0 Å². The van der Waals surface area contributed by atoms with Crippen LogP contribution in [0.15, 0.2) is 94.9 Å². The number of rotatable bonds is 6. The van der Waals surface area contributed by atoms with E-state index in [1.807, 2.05) is 28.8 Å². The highest BCUT2D eigenvalue weighted by molar-refractivity contribution is 7.98. The van der Waals surface area contributed by atoms with Crippen molar-refractivity contribution in [1.29, 1.82) is 0 Å². The monoisotopic (exact) mass is 506 g/mol. The number of fused-ring (bicyclic) bond motifs is 3. The fourth-order valence-electron chi connectivity index (χ4n) is 6.46. The molecule has 37 heavy (non-hydrogen) atoms. The topological polar surface area (TPSA) is 34.9 Å². The minimum Gasteiger partial charge on any atom is -0.283 e. The maximum absolute atomic E-state index is 14.6. The van der Waals surface area contributed by atoms with E-state index in [1.165, 1.54) is 43.2 Å². The van der Waals surface area contributed by atoms with Gasteiger partial charge in [-0.1, -0.05) is 123 Å². The Bertz CT molecular complexity index is 1440. The van der Waals surface area contributed by atoms with Gasteiger partial charge in [-0.25, -0.2) is 4.98 Å². The zero-order chi connectivity index (χ0) is 25.2. The Hall–Kier alpha value is -3.11. The van der Waals surface area contributed by atoms with Crippen LogP contribution in [0.4, 0.5) is 0 Å².